The summed E-state index contributed by atoms with van der Waals surface area (Å²) in [4.78, 5) is 48.7. The monoisotopic (exact) mass is 1150 g/mol. The van der Waals surface area contributed by atoms with Crippen molar-refractivity contribution in [3.8, 4) is 22.9 Å². The van der Waals surface area contributed by atoms with Crippen molar-refractivity contribution in [3.05, 3.63) is 59.0 Å². The van der Waals surface area contributed by atoms with Crippen LogP contribution >= 0.6 is 37.2 Å². The van der Waals surface area contributed by atoms with Crippen molar-refractivity contribution < 1.29 is 65.8 Å². The van der Waals surface area contributed by atoms with Crippen LogP contribution in [0.15, 0.2) is 46.1 Å². The van der Waals surface area contributed by atoms with Crippen LogP contribution in [0.4, 0.5) is 9.59 Å². The summed E-state index contributed by atoms with van der Waals surface area (Å²) in [6.45, 7) is 16.8. The third-order valence-corrected chi connectivity index (χ3v) is 7.21. The number of nitrogens with one attached hydrogen (secondary N) is 2. The van der Waals surface area contributed by atoms with Gasteiger partial charge in [-0.05, 0) is 53.7 Å². The maximum absolute atomic E-state index is 11.9. The van der Waals surface area contributed by atoms with Crippen LogP contribution in [0.25, 0.3) is 11.4 Å². The minimum absolute atomic E-state index is 0. The van der Waals surface area contributed by atoms with E-state index in [1.54, 1.807) is 52.8 Å². The molecule has 2 aromatic carbocycles. The molecule has 5 N–H and O–H groups in total. The van der Waals surface area contributed by atoms with E-state index >= 15 is 0 Å². The number of nitrogens with two attached hydrogens (primary N) is 1. The van der Waals surface area contributed by atoms with E-state index in [2.05, 4.69) is 67.9 Å². The number of aryl methyl sites for hydroxylation is 1. The summed E-state index contributed by atoms with van der Waals surface area (Å²) in [5, 5.41) is 21.1. The number of fused-ring (bicyclic) bond motifs is 2. The number of hydrogen-bond donors (Lipinski definition) is 4. The van der Waals surface area contributed by atoms with Crippen molar-refractivity contribution >= 4 is 67.2 Å². The van der Waals surface area contributed by atoms with E-state index in [0.717, 1.165) is 16.7 Å². The number of alkyl carbamates (subject to hydrolysis) is 2. The average molecular weight is 1150 g/mol. The Labute approximate surface area is 369 Å². The van der Waals surface area contributed by atoms with E-state index < -0.39 is 35.3 Å². The second kappa shape index (κ2) is 25.1. The van der Waals surface area contributed by atoms with Crippen LogP contribution in [-0.4, -0.2) is 69.7 Å². The van der Waals surface area contributed by atoms with Crippen molar-refractivity contribution in [2.75, 3.05) is 13.2 Å². The second-order valence-corrected chi connectivity index (χ2v) is 30.2. The van der Waals surface area contributed by atoms with E-state index in [0.29, 0.717) is 61.7 Å². The Hall–Kier alpha value is -3.68. The fourth-order valence-corrected chi connectivity index (χ4v) is 4.70. The molecule has 1 aromatic heterocycles. The first-order valence-corrected chi connectivity index (χ1v) is 30.3. The first kappa shape index (κ1) is 52.3. The van der Waals surface area contributed by atoms with Gasteiger partial charge < -0.3 is 49.8 Å². The zero-order valence-electron chi connectivity index (χ0n) is 33.2. The summed E-state index contributed by atoms with van der Waals surface area (Å²) in [6, 6.07) is 10.3. The number of amides is 2. The number of ether oxygens (including phenoxy) is 5. The van der Waals surface area contributed by atoms with Gasteiger partial charge in [0, 0.05) is 41.5 Å². The number of hydrogen-bond acceptors (Lipinski definition) is 14. The normalized spacial score (nSPS) is 15.0. The molecule has 2 amide bonds. The van der Waals surface area contributed by atoms with Gasteiger partial charge in [-0.2, -0.15) is 4.98 Å². The van der Waals surface area contributed by atoms with Crippen LogP contribution in [0.3, 0.4) is 0 Å². The van der Waals surface area contributed by atoms with Gasteiger partial charge in [-0.3, -0.25) is 9.59 Å². The summed E-state index contributed by atoms with van der Waals surface area (Å²) in [5.74, 6) is 1.52. The molecule has 0 saturated heterocycles. The van der Waals surface area contributed by atoms with Crippen LogP contribution < -0.4 is 39.1 Å². The fraction of sp³-hybridized carbons (Fsp3) is 0.500. The van der Waals surface area contributed by atoms with Crippen LogP contribution in [0.5, 0.6) is 11.5 Å². The second-order valence-electron chi connectivity index (χ2n) is 14.0. The Morgan fingerprint density at radius 2 is 1.33 bits per heavy atom. The van der Waals surface area contributed by atoms with E-state index in [4.69, 9.17) is 34.4 Å². The van der Waals surface area contributed by atoms with Gasteiger partial charge in [0.2, 0.25) is 11.7 Å². The van der Waals surface area contributed by atoms with Gasteiger partial charge in [-0.1, -0.05) is 62.8 Å². The zero-order chi connectivity index (χ0) is 42.9. The Kier molecular flexibility index (Phi) is 22.6. The standard InChI is InChI=1S/C17H21N3O4.C14H19N3O4.C6H10O3.CH4.I3/c1-5-14-19-15(20-24-14)10-6-7-11-12(9-22-13(11)8-10)18-16(21)23-17(2,3)4;1-14(2,3)21-13(18)16-10-7-20-11-6-8(12(15)17-19)4-5-9(10)11;1-3-5(7)9-6(8)4-2;;1-3-2/h6-8,12H,5,9H2,1-4H3,(H,18,21);4-6,10,19H,7H2,1-3H3,(H2,15,17)(H,16,18);3-4H2,1-2H3;1H4;/q;;;;-1. The molecular weight excluding hydrogens is 1100 g/mol. The van der Waals surface area contributed by atoms with Crippen molar-refractivity contribution in [1.82, 2.24) is 20.8 Å². The Bertz CT molecular complexity index is 1830. The van der Waals surface area contributed by atoms with Gasteiger partial charge in [-0.25, -0.2) is 9.59 Å². The molecule has 0 bridgehead atoms. The molecule has 0 radical (unpaired) electrons. The van der Waals surface area contributed by atoms with Crippen LogP contribution in [0.1, 0.15) is 117 Å². The summed E-state index contributed by atoms with van der Waals surface area (Å²) in [6.07, 6.45) is 0.247. The third-order valence-electron chi connectivity index (χ3n) is 7.21. The number of halogens is 3. The Morgan fingerprint density at radius 1 is 0.862 bits per heavy atom. The molecule has 0 saturated carbocycles. The molecule has 3 heterocycles. The topological polar surface area (TPSA) is 236 Å². The quantitative estimate of drug-likeness (QED) is 0.0344. The molecule has 3 aromatic rings. The molecule has 2 aliphatic heterocycles. The Morgan fingerprint density at radius 3 is 1.74 bits per heavy atom. The average Bonchev–Trinajstić information content (AvgIpc) is 3.89. The molecule has 0 spiro atoms. The molecule has 2 aliphatic rings. The number of amidine groups is 1. The van der Waals surface area contributed by atoms with E-state index in [1.807, 2.05) is 45.9 Å². The number of oxime groups is 1. The summed E-state index contributed by atoms with van der Waals surface area (Å²) in [5.41, 5.74) is 7.54. The number of rotatable bonds is 7. The molecule has 2 atom stereocenters. The van der Waals surface area contributed by atoms with Crippen molar-refractivity contribution in [3.63, 3.8) is 0 Å². The van der Waals surface area contributed by atoms with E-state index in [9.17, 15) is 19.2 Å². The Balaban J connectivity index is 0.000000452. The van der Waals surface area contributed by atoms with E-state index in [-0.39, 0.29) is 38.2 Å². The van der Waals surface area contributed by atoms with Crippen LogP contribution in [-0.2, 0) is 30.2 Å². The molecule has 0 fully saturated rings. The molecule has 58 heavy (non-hydrogen) atoms. The molecule has 5 rings (SSSR count). The van der Waals surface area contributed by atoms with Crippen molar-refractivity contribution in [2.24, 2.45) is 10.9 Å². The number of carbonyl (C=O) groups is 4. The molecule has 324 valence electrons. The number of aromatic nitrogens is 2. The minimum atomic E-state index is -0.553. The summed E-state index contributed by atoms with van der Waals surface area (Å²) >= 11 is 5.30. The first-order valence-electron chi connectivity index (χ1n) is 17.7. The number of benzene rings is 2. The molecule has 20 heteroatoms. The van der Waals surface area contributed by atoms with E-state index in [1.165, 1.54) is 0 Å². The van der Waals surface area contributed by atoms with Gasteiger partial charge >= 0.3 is 74.6 Å². The van der Waals surface area contributed by atoms with Crippen molar-refractivity contribution in [1.29, 1.82) is 0 Å². The molecule has 0 aliphatic carbocycles. The van der Waals surface area contributed by atoms with Gasteiger partial charge in [0.15, 0.2) is 5.84 Å². The van der Waals surface area contributed by atoms with Gasteiger partial charge in [0.05, 0.1) is 12.1 Å². The predicted molar refractivity (Wildman–Crippen MR) is 230 cm³/mol. The summed E-state index contributed by atoms with van der Waals surface area (Å²) in [7, 11) is 0. The maximum atomic E-state index is 11.9. The van der Waals surface area contributed by atoms with Crippen LogP contribution in [0.2, 0.25) is 0 Å². The van der Waals surface area contributed by atoms with Gasteiger partial charge in [0.25, 0.3) is 0 Å². The zero-order valence-corrected chi connectivity index (χ0v) is 39.7. The number of esters is 2. The van der Waals surface area contributed by atoms with Crippen molar-refractivity contribution in [2.45, 2.75) is 112 Å². The molecule has 2 unspecified atom stereocenters. The third kappa shape index (κ3) is 18.1. The molecular formula is C38H54I3N6O11-. The SMILES string of the molecule is C.CC(C)(C)OC(=O)NC1COc2cc(C(N)=NO)ccc21.CCC(=O)OC(=O)CC.CCc1nc(-c2ccc3c(c2)OCC3NC(=O)OC(C)(C)C)no1.I[I-]I. The predicted octanol–water partition coefficient (Wildman–Crippen LogP) is 5.28. The molecule has 17 nitrogen and oxygen atoms in total. The van der Waals surface area contributed by atoms with Gasteiger partial charge in [0.1, 0.15) is 35.9 Å². The van der Waals surface area contributed by atoms with Gasteiger partial charge in [-0.15, -0.1) is 0 Å². The first-order chi connectivity index (χ1) is 26.8. The number of nitrogens with zero attached hydrogens (tertiary/aromatic N) is 3. The number of carbonyl (C=O) groups excluding carboxylic acids is 4. The fourth-order valence-electron chi connectivity index (χ4n) is 4.70. The van der Waals surface area contributed by atoms with Crippen LogP contribution in [0, 0.1) is 0 Å². The summed E-state index contributed by atoms with van der Waals surface area (Å²) < 4.78 is 31.1.